The van der Waals surface area contributed by atoms with Crippen molar-refractivity contribution in [1.82, 2.24) is 14.7 Å². The quantitative estimate of drug-likeness (QED) is 0.633. The predicted molar refractivity (Wildman–Crippen MR) is 113 cm³/mol. The lowest BCUT2D eigenvalue weighted by Crippen LogP contribution is -2.25. The van der Waals surface area contributed by atoms with Gasteiger partial charge in [-0.15, -0.1) is 0 Å². The molecule has 3 heterocycles. The van der Waals surface area contributed by atoms with Crippen LogP contribution in [0, 0.1) is 5.82 Å². The second-order valence-corrected chi connectivity index (χ2v) is 10.7. The second-order valence-electron chi connectivity index (χ2n) is 8.57. The molecule has 7 heteroatoms. The number of likely N-dealkylation sites (tertiary alicyclic amines) is 1. The molecule has 0 unspecified atom stereocenters. The van der Waals surface area contributed by atoms with E-state index in [-0.39, 0.29) is 11.7 Å². The largest absolute Gasteiger partial charge is 0.297 e. The van der Waals surface area contributed by atoms with E-state index in [0.29, 0.717) is 30.6 Å². The van der Waals surface area contributed by atoms with E-state index in [2.05, 4.69) is 23.8 Å². The third kappa shape index (κ3) is 3.17. The van der Waals surface area contributed by atoms with E-state index >= 15 is 0 Å². The van der Waals surface area contributed by atoms with Crippen LogP contribution in [0.3, 0.4) is 0 Å². The van der Waals surface area contributed by atoms with Crippen molar-refractivity contribution in [3.8, 4) is 11.1 Å². The molecular formula is C23H24FN3O2S. The first-order chi connectivity index (χ1) is 14.3. The van der Waals surface area contributed by atoms with Gasteiger partial charge in [0.25, 0.3) is 0 Å². The standard InChI is InChI=1S/C23H24FN3O2S/c1-15(2)27-12-16(10-25-27)11-26-13-21-20-9-18(17-3-6-19(24)7-4-17)5-8-22(20)30(28,29)23(21)14-26/h3-10,12,15,21,23H,11,13-14H2,1-2H3/t21-,23+/m1/s1. The molecule has 30 heavy (non-hydrogen) atoms. The van der Waals surface area contributed by atoms with E-state index in [1.165, 1.54) is 12.1 Å². The molecule has 0 N–H and O–H groups in total. The average Bonchev–Trinajstić information content (AvgIpc) is 3.40. The summed E-state index contributed by atoms with van der Waals surface area (Å²) in [7, 11) is -3.34. The molecule has 2 aliphatic heterocycles. The Balaban J connectivity index is 1.43. The smallest absolute Gasteiger partial charge is 0.183 e. The fraction of sp³-hybridized carbons (Fsp3) is 0.348. The van der Waals surface area contributed by atoms with Gasteiger partial charge in [-0.2, -0.15) is 5.10 Å². The maximum atomic E-state index is 13.3. The van der Waals surface area contributed by atoms with Gasteiger partial charge in [-0.3, -0.25) is 9.58 Å². The van der Waals surface area contributed by atoms with E-state index in [1.54, 1.807) is 18.2 Å². The molecule has 2 atom stereocenters. The van der Waals surface area contributed by atoms with Crippen molar-refractivity contribution in [2.75, 3.05) is 13.1 Å². The van der Waals surface area contributed by atoms with Crippen molar-refractivity contribution in [3.05, 3.63) is 71.8 Å². The molecule has 0 radical (unpaired) electrons. The SMILES string of the molecule is CC(C)n1cc(CN2C[C@@H]3c4cc(-c5ccc(F)cc5)ccc4S(=O)(=O)[C@H]3C2)cn1. The lowest BCUT2D eigenvalue weighted by Gasteiger charge is -2.16. The molecule has 1 fully saturated rings. The maximum Gasteiger partial charge on any atom is 0.183 e. The van der Waals surface area contributed by atoms with Gasteiger partial charge < -0.3 is 0 Å². The van der Waals surface area contributed by atoms with Gasteiger partial charge in [0, 0.05) is 43.4 Å². The monoisotopic (exact) mass is 425 g/mol. The van der Waals surface area contributed by atoms with Gasteiger partial charge in [-0.05, 0) is 54.8 Å². The van der Waals surface area contributed by atoms with Crippen molar-refractivity contribution in [1.29, 1.82) is 0 Å². The molecule has 2 aliphatic rings. The summed E-state index contributed by atoms with van der Waals surface area (Å²) in [6.45, 7) is 6.09. The number of sulfone groups is 1. The molecule has 1 saturated heterocycles. The number of halogens is 1. The number of nitrogens with zero attached hydrogens (tertiary/aromatic N) is 3. The zero-order valence-corrected chi connectivity index (χ0v) is 17.8. The molecule has 2 aromatic carbocycles. The maximum absolute atomic E-state index is 13.3. The summed E-state index contributed by atoms with van der Waals surface area (Å²) in [6.07, 6.45) is 3.90. The minimum Gasteiger partial charge on any atom is -0.297 e. The van der Waals surface area contributed by atoms with E-state index in [9.17, 15) is 12.8 Å². The first-order valence-electron chi connectivity index (χ1n) is 10.2. The van der Waals surface area contributed by atoms with Crippen molar-refractivity contribution in [3.63, 3.8) is 0 Å². The zero-order chi connectivity index (χ0) is 21.0. The summed E-state index contributed by atoms with van der Waals surface area (Å²) in [5, 5.41) is 3.98. The number of fused-ring (bicyclic) bond motifs is 3. The average molecular weight is 426 g/mol. The number of benzene rings is 2. The zero-order valence-electron chi connectivity index (χ0n) is 17.0. The molecule has 0 aliphatic carbocycles. The van der Waals surface area contributed by atoms with Crippen LogP contribution in [0.1, 0.15) is 36.9 Å². The molecular weight excluding hydrogens is 401 g/mol. The number of hydrogen-bond acceptors (Lipinski definition) is 4. The Morgan fingerprint density at radius 2 is 1.83 bits per heavy atom. The van der Waals surface area contributed by atoms with E-state index < -0.39 is 15.1 Å². The molecule has 0 spiro atoms. The van der Waals surface area contributed by atoms with Crippen LogP contribution >= 0.6 is 0 Å². The van der Waals surface area contributed by atoms with E-state index in [0.717, 1.165) is 22.3 Å². The van der Waals surface area contributed by atoms with E-state index in [4.69, 9.17) is 0 Å². The summed E-state index contributed by atoms with van der Waals surface area (Å²) >= 11 is 0. The van der Waals surface area contributed by atoms with Crippen LogP contribution in [0.4, 0.5) is 4.39 Å². The molecule has 156 valence electrons. The van der Waals surface area contributed by atoms with Crippen molar-refractivity contribution >= 4 is 9.84 Å². The highest BCUT2D eigenvalue weighted by Crippen LogP contribution is 2.46. The van der Waals surface area contributed by atoms with Crippen molar-refractivity contribution in [2.45, 2.75) is 42.5 Å². The Labute approximate surface area is 176 Å². The van der Waals surface area contributed by atoms with Gasteiger partial charge in [0.1, 0.15) is 5.82 Å². The normalized spacial score (nSPS) is 22.4. The predicted octanol–water partition coefficient (Wildman–Crippen LogP) is 4.03. The van der Waals surface area contributed by atoms with Crippen LogP contribution in [0.2, 0.25) is 0 Å². The van der Waals surface area contributed by atoms with Crippen LogP contribution in [0.5, 0.6) is 0 Å². The van der Waals surface area contributed by atoms with Crippen LogP contribution < -0.4 is 0 Å². The molecule has 3 aromatic rings. The topological polar surface area (TPSA) is 55.2 Å². The van der Waals surface area contributed by atoms with Crippen molar-refractivity contribution in [2.24, 2.45) is 0 Å². The Morgan fingerprint density at radius 3 is 2.53 bits per heavy atom. The minimum absolute atomic E-state index is 0.0365. The third-order valence-electron chi connectivity index (χ3n) is 6.22. The minimum atomic E-state index is -3.34. The van der Waals surface area contributed by atoms with Gasteiger partial charge in [0.05, 0.1) is 16.3 Å². The lowest BCUT2D eigenvalue weighted by atomic mass is 9.94. The second kappa shape index (κ2) is 7.03. The van der Waals surface area contributed by atoms with Crippen LogP contribution in [0.25, 0.3) is 11.1 Å². The Bertz CT molecular complexity index is 1200. The first-order valence-corrected chi connectivity index (χ1v) is 11.8. The van der Waals surface area contributed by atoms with Crippen LogP contribution in [-0.2, 0) is 16.4 Å². The molecule has 5 nitrogen and oxygen atoms in total. The lowest BCUT2D eigenvalue weighted by molar-refractivity contribution is 0.325. The Kier molecular flexibility index (Phi) is 4.56. The van der Waals surface area contributed by atoms with Gasteiger partial charge in [0.15, 0.2) is 9.84 Å². The summed E-state index contributed by atoms with van der Waals surface area (Å²) in [6, 6.07) is 12.1. The van der Waals surface area contributed by atoms with Crippen molar-refractivity contribution < 1.29 is 12.8 Å². The highest BCUT2D eigenvalue weighted by Gasteiger charge is 2.50. The molecule has 1 aromatic heterocycles. The number of aromatic nitrogens is 2. The van der Waals surface area contributed by atoms with Crippen LogP contribution in [-0.4, -0.2) is 41.4 Å². The van der Waals surface area contributed by atoms with Crippen LogP contribution in [0.15, 0.2) is 59.8 Å². The van der Waals surface area contributed by atoms with Gasteiger partial charge in [0.2, 0.25) is 0 Å². The highest BCUT2D eigenvalue weighted by molar-refractivity contribution is 7.92. The Morgan fingerprint density at radius 1 is 1.10 bits per heavy atom. The third-order valence-corrected chi connectivity index (χ3v) is 8.48. The summed E-state index contributed by atoms with van der Waals surface area (Å²) in [5.41, 5.74) is 3.79. The van der Waals surface area contributed by atoms with E-state index in [1.807, 2.05) is 29.2 Å². The Hall–Kier alpha value is -2.51. The molecule has 0 bridgehead atoms. The van der Waals surface area contributed by atoms with Gasteiger partial charge in [-0.25, -0.2) is 12.8 Å². The molecule has 0 amide bonds. The number of hydrogen-bond donors (Lipinski definition) is 0. The molecule has 5 rings (SSSR count). The highest BCUT2D eigenvalue weighted by atomic mass is 32.2. The fourth-order valence-electron chi connectivity index (χ4n) is 4.68. The summed E-state index contributed by atoms with van der Waals surface area (Å²) in [5.74, 6) is -0.319. The fourth-order valence-corrected chi connectivity index (χ4v) is 6.87. The van der Waals surface area contributed by atoms with Gasteiger partial charge in [-0.1, -0.05) is 18.2 Å². The van der Waals surface area contributed by atoms with Gasteiger partial charge >= 0.3 is 0 Å². The summed E-state index contributed by atoms with van der Waals surface area (Å²) in [4.78, 5) is 2.66. The molecule has 0 saturated carbocycles. The first kappa shape index (κ1) is 19.5. The summed E-state index contributed by atoms with van der Waals surface area (Å²) < 4.78 is 41.5. The number of rotatable bonds is 4.